The van der Waals surface area contributed by atoms with E-state index in [1.54, 1.807) is 0 Å². The largest absolute Gasteiger partial charge is 0.470 e. The Bertz CT molecular complexity index is 643. The van der Waals surface area contributed by atoms with Crippen LogP contribution in [0.2, 0.25) is 0 Å². The van der Waals surface area contributed by atoms with E-state index in [1.165, 1.54) is 5.56 Å². The van der Waals surface area contributed by atoms with Gasteiger partial charge in [-0.2, -0.15) is 0 Å². The lowest BCUT2D eigenvalue weighted by molar-refractivity contribution is 0.218. The van der Waals surface area contributed by atoms with E-state index in [0.717, 1.165) is 27.9 Å². The van der Waals surface area contributed by atoms with Crippen molar-refractivity contribution in [3.8, 4) is 5.75 Å². The second kappa shape index (κ2) is 4.10. The van der Waals surface area contributed by atoms with Crippen molar-refractivity contribution in [3.63, 3.8) is 0 Å². The molecule has 0 amide bonds. The van der Waals surface area contributed by atoms with Gasteiger partial charge in [-0.15, -0.1) is 0 Å². The zero-order valence-electron chi connectivity index (χ0n) is 10.3. The molecule has 1 aliphatic heterocycles. The van der Waals surface area contributed by atoms with Crippen LogP contribution in [0.15, 0.2) is 18.2 Å². The first kappa shape index (κ1) is 12.2. The molecule has 1 aromatic heterocycles. The highest BCUT2D eigenvalue weighted by atomic mass is 79.9. The third kappa shape index (κ3) is 1.81. The van der Waals surface area contributed by atoms with Crippen molar-refractivity contribution in [2.45, 2.75) is 25.3 Å². The molecule has 4 heteroatoms. The van der Waals surface area contributed by atoms with Gasteiger partial charge in [-0.05, 0) is 26.0 Å². The lowest BCUT2D eigenvalue weighted by Gasteiger charge is -2.17. The lowest BCUT2D eigenvalue weighted by Crippen LogP contribution is -2.28. The van der Waals surface area contributed by atoms with Gasteiger partial charge in [0.25, 0.3) is 0 Å². The van der Waals surface area contributed by atoms with Gasteiger partial charge in [0.15, 0.2) is 5.06 Å². The van der Waals surface area contributed by atoms with Gasteiger partial charge in [0.2, 0.25) is 0 Å². The summed E-state index contributed by atoms with van der Waals surface area (Å²) in [5.74, 6) is 0.899. The number of pyridine rings is 1. The third-order valence-electron chi connectivity index (χ3n) is 3.32. The van der Waals surface area contributed by atoms with Crippen LogP contribution in [0.4, 0.5) is 0 Å². The second-order valence-corrected chi connectivity index (χ2v) is 6.07. The molecule has 0 N–H and O–H groups in total. The van der Waals surface area contributed by atoms with Crippen molar-refractivity contribution >= 4 is 38.4 Å². The van der Waals surface area contributed by atoms with Crippen LogP contribution in [-0.2, 0) is 6.42 Å². The molecule has 0 bridgehead atoms. The minimum Gasteiger partial charge on any atom is -0.470 e. The molecule has 94 valence electrons. The average Bonchev–Trinajstić information content (AvgIpc) is 2.70. The van der Waals surface area contributed by atoms with Gasteiger partial charge in [-0.3, -0.25) is 4.98 Å². The topological polar surface area (TPSA) is 22.1 Å². The van der Waals surface area contributed by atoms with Gasteiger partial charge in [0.1, 0.15) is 5.75 Å². The molecule has 2 nitrogen and oxygen atoms in total. The van der Waals surface area contributed by atoms with Crippen molar-refractivity contribution in [2.75, 3.05) is 5.33 Å². The van der Waals surface area contributed by atoms with E-state index < -0.39 is 5.06 Å². The number of nitrogens with zero attached hydrogens (tertiary/aromatic N) is 1. The Morgan fingerprint density at radius 2 is 2.22 bits per heavy atom. The zero-order valence-corrected chi connectivity index (χ0v) is 12.6. The third-order valence-corrected chi connectivity index (χ3v) is 4.89. The van der Waals surface area contributed by atoms with Crippen LogP contribution >= 0.6 is 27.5 Å². The first-order valence-electron chi connectivity index (χ1n) is 5.86. The summed E-state index contributed by atoms with van der Waals surface area (Å²) in [5.41, 5.74) is 4.30. The first-order chi connectivity index (χ1) is 8.52. The lowest BCUT2D eigenvalue weighted by atomic mass is 10.0. The molecular weight excluding hydrogens is 314 g/mol. The number of hydrogen-bond donors (Lipinski definition) is 0. The van der Waals surface area contributed by atoms with E-state index >= 15 is 0 Å². The number of ether oxygens (including phenoxy) is 1. The molecule has 1 aliphatic rings. The average molecular weight is 327 g/mol. The van der Waals surface area contributed by atoms with E-state index in [4.69, 9.17) is 16.3 Å². The minimum absolute atomic E-state index is 0.600. The fraction of sp³-hybridized carbons (Fsp3) is 0.357. The van der Waals surface area contributed by atoms with E-state index in [0.29, 0.717) is 11.8 Å². The molecule has 1 atom stereocenters. The van der Waals surface area contributed by atoms with E-state index in [-0.39, 0.29) is 0 Å². The van der Waals surface area contributed by atoms with Crippen molar-refractivity contribution in [1.82, 2.24) is 4.98 Å². The normalized spacial score (nSPS) is 22.0. The zero-order chi connectivity index (χ0) is 12.9. The smallest absolute Gasteiger partial charge is 0.196 e. The molecule has 0 fully saturated rings. The Labute approximate surface area is 119 Å². The van der Waals surface area contributed by atoms with Crippen LogP contribution in [0.25, 0.3) is 10.9 Å². The Morgan fingerprint density at radius 3 is 2.94 bits per heavy atom. The SMILES string of the molecule is Cc1ccc2nc(C)c3c(c2c1)OC(Cl)(CBr)C3. The van der Waals surface area contributed by atoms with Crippen molar-refractivity contribution < 1.29 is 4.74 Å². The summed E-state index contributed by atoms with van der Waals surface area (Å²) in [6, 6.07) is 6.20. The van der Waals surface area contributed by atoms with E-state index in [2.05, 4.69) is 40.0 Å². The highest BCUT2D eigenvalue weighted by Gasteiger charge is 2.38. The van der Waals surface area contributed by atoms with Crippen LogP contribution in [0.5, 0.6) is 5.75 Å². The van der Waals surface area contributed by atoms with Crippen LogP contribution in [0, 0.1) is 13.8 Å². The minimum atomic E-state index is -0.674. The standard InChI is InChI=1S/C14H13BrClNO/c1-8-3-4-12-10(5-8)13-11(9(2)17-12)6-14(16,7-15)18-13/h3-5H,6-7H2,1-2H3. The van der Waals surface area contributed by atoms with Gasteiger partial charge < -0.3 is 4.74 Å². The summed E-state index contributed by atoms with van der Waals surface area (Å²) in [7, 11) is 0. The van der Waals surface area contributed by atoms with Gasteiger partial charge in [0, 0.05) is 23.1 Å². The molecule has 0 radical (unpaired) electrons. The monoisotopic (exact) mass is 325 g/mol. The summed E-state index contributed by atoms with van der Waals surface area (Å²) >= 11 is 9.85. The maximum Gasteiger partial charge on any atom is 0.196 e. The fourth-order valence-electron chi connectivity index (χ4n) is 2.39. The number of benzene rings is 1. The van der Waals surface area contributed by atoms with E-state index in [1.807, 2.05) is 13.0 Å². The molecule has 2 aromatic rings. The van der Waals surface area contributed by atoms with Crippen LogP contribution in [0.3, 0.4) is 0 Å². The van der Waals surface area contributed by atoms with Gasteiger partial charge in [-0.25, -0.2) is 0 Å². The van der Waals surface area contributed by atoms with Crippen molar-refractivity contribution in [1.29, 1.82) is 0 Å². The second-order valence-electron chi connectivity index (χ2n) is 4.82. The van der Waals surface area contributed by atoms with E-state index in [9.17, 15) is 0 Å². The number of aromatic nitrogens is 1. The van der Waals surface area contributed by atoms with Gasteiger partial charge in [0.05, 0.1) is 10.8 Å². The van der Waals surface area contributed by atoms with Gasteiger partial charge >= 0.3 is 0 Å². The molecule has 0 aliphatic carbocycles. The summed E-state index contributed by atoms with van der Waals surface area (Å²) in [4.78, 5) is 4.63. The number of aryl methyl sites for hydroxylation is 2. The predicted molar refractivity (Wildman–Crippen MR) is 77.9 cm³/mol. The number of hydrogen-bond acceptors (Lipinski definition) is 2. The molecule has 0 saturated heterocycles. The quantitative estimate of drug-likeness (QED) is 0.736. The predicted octanol–water partition coefficient (Wildman–Crippen LogP) is 4.12. The summed E-state index contributed by atoms with van der Waals surface area (Å²) in [6.45, 7) is 4.08. The molecule has 3 rings (SSSR count). The van der Waals surface area contributed by atoms with Crippen LogP contribution < -0.4 is 4.74 Å². The first-order valence-corrected chi connectivity index (χ1v) is 7.36. The molecule has 1 aromatic carbocycles. The summed E-state index contributed by atoms with van der Waals surface area (Å²) in [6.07, 6.45) is 0.692. The Kier molecular flexibility index (Phi) is 2.79. The number of fused-ring (bicyclic) bond motifs is 3. The molecule has 0 saturated carbocycles. The van der Waals surface area contributed by atoms with Crippen molar-refractivity contribution in [2.24, 2.45) is 0 Å². The number of rotatable bonds is 1. The Hall–Kier alpha value is -0.800. The summed E-state index contributed by atoms with van der Waals surface area (Å²) < 4.78 is 5.97. The summed E-state index contributed by atoms with van der Waals surface area (Å²) in [5, 5.41) is 0.981. The molecular formula is C14H13BrClNO. The van der Waals surface area contributed by atoms with Gasteiger partial charge in [-0.1, -0.05) is 39.2 Å². The maximum atomic E-state index is 6.44. The number of halogens is 2. The maximum absolute atomic E-state index is 6.44. The van der Waals surface area contributed by atoms with Crippen LogP contribution in [-0.4, -0.2) is 15.4 Å². The Balaban J connectivity index is 2.29. The fourth-order valence-corrected chi connectivity index (χ4v) is 2.91. The van der Waals surface area contributed by atoms with Crippen molar-refractivity contribution in [3.05, 3.63) is 35.0 Å². The Morgan fingerprint density at radius 1 is 1.44 bits per heavy atom. The molecule has 0 spiro atoms. The highest BCUT2D eigenvalue weighted by molar-refractivity contribution is 9.09. The number of alkyl halides is 2. The highest BCUT2D eigenvalue weighted by Crippen LogP contribution is 2.44. The van der Waals surface area contributed by atoms with Crippen LogP contribution in [0.1, 0.15) is 16.8 Å². The molecule has 18 heavy (non-hydrogen) atoms. The molecule has 2 heterocycles. The molecule has 1 unspecified atom stereocenters.